The van der Waals surface area contributed by atoms with Crippen LogP contribution in [-0.2, 0) is 14.3 Å². The number of carboxylic acid groups (broad SMARTS) is 1. The number of carbonyl (C=O) groups excluding carboxylic acids is 2. The van der Waals surface area contributed by atoms with Crippen LogP contribution in [0.1, 0.15) is 162 Å². The number of hydrogen-bond acceptors (Lipinski definition) is 4. The summed E-state index contributed by atoms with van der Waals surface area (Å²) in [5, 5.41) is 10.9. The molecule has 0 saturated heterocycles. The lowest BCUT2D eigenvalue weighted by molar-refractivity contribution is -0.873. The molecular formula is C33H65NO4. The van der Waals surface area contributed by atoms with Gasteiger partial charge in [0.2, 0.25) is 0 Å². The Hall–Kier alpha value is -1.10. The largest absolute Gasteiger partial charge is 0.550 e. The van der Waals surface area contributed by atoms with Crippen molar-refractivity contribution in [1.82, 2.24) is 0 Å². The predicted octanol–water partition coefficient (Wildman–Crippen LogP) is 7.98. The summed E-state index contributed by atoms with van der Waals surface area (Å²) in [7, 11) is 5.86. The van der Waals surface area contributed by atoms with Crippen LogP contribution in [0.5, 0.6) is 0 Å². The Kier molecular flexibility index (Phi) is 24.2. The quantitative estimate of drug-likeness (QED) is 0.0574. The molecule has 0 aliphatic heterocycles. The van der Waals surface area contributed by atoms with Crippen LogP contribution < -0.4 is 5.11 Å². The molecule has 0 N–H and O–H groups in total. The number of quaternary nitrogens is 1. The molecule has 1 unspecified atom stereocenters. The number of hydrogen-bond donors (Lipinski definition) is 0. The molecule has 0 bridgehead atoms. The van der Waals surface area contributed by atoms with E-state index in [0.717, 1.165) is 25.2 Å². The molecule has 0 spiro atoms. The summed E-state index contributed by atoms with van der Waals surface area (Å²) in [6.45, 7) is 5.12. The molecule has 0 fully saturated rings. The van der Waals surface area contributed by atoms with E-state index >= 15 is 0 Å². The minimum atomic E-state index is -1.17. The number of esters is 1. The average Bonchev–Trinajstić information content (AvgIpc) is 2.80. The molecule has 0 saturated carbocycles. The molecule has 1 atom stereocenters. The summed E-state index contributed by atoms with van der Waals surface area (Å²) in [5.74, 6) is -0.586. The van der Waals surface area contributed by atoms with Crippen molar-refractivity contribution in [2.75, 3.05) is 27.7 Å². The summed E-state index contributed by atoms with van der Waals surface area (Å²) in [4.78, 5) is 23.0. The third kappa shape index (κ3) is 29.5. The summed E-state index contributed by atoms with van der Waals surface area (Å²) in [6, 6.07) is 0. The molecule has 0 amide bonds. The van der Waals surface area contributed by atoms with Crippen molar-refractivity contribution in [3.63, 3.8) is 0 Å². The number of unbranched alkanes of at least 4 members (excludes halogenated alkanes) is 19. The number of nitrogens with zero attached hydrogens (tertiary/aromatic N) is 1. The average molecular weight is 540 g/mol. The molecule has 0 aliphatic rings. The van der Waals surface area contributed by atoms with E-state index in [4.69, 9.17) is 4.74 Å². The molecule has 38 heavy (non-hydrogen) atoms. The van der Waals surface area contributed by atoms with Crippen molar-refractivity contribution in [2.45, 2.75) is 168 Å². The maximum atomic E-state index is 12.1. The number of rotatable bonds is 28. The van der Waals surface area contributed by atoms with Gasteiger partial charge in [0.15, 0.2) is 6.10 Å². The Morgan fingerprint density at radius 3 is 1.26 bits per heavy atom. The number of aliphatic carboxylic acids is 1. The summed E-state index contributed by atoms with van der Waals surface area (Å²) in [5.41, 5.74) is 0. The second-order valence-electron chi connectivity index (χ2n) is 13.2. The third-order valence-corrected chi connectivity index (χ3v) is 7.36. The molecule has 0 aromatic heterocycles. The third-order valence-electron chi connectivity index (χ3n) is 7.36. The van der Waals surface area contributed by atoms with E-state index in [1.165, 1.54) is 116 Å². The monoisotopic (exact) mass is 539 g/mol. The van der Waals surface area contributed by atoms with Gasteiger partial charge in [0.05, 0.1) is 21.1 Å². The summed E-state index contributed by atoms with van der Waals surface area (Å²) < 4.78 is 5.96. The Labute approximate surface area is 237 Å². The van der Waals surface area contributed by atoms with Crippen LogP contribution in [0.4, 0.5) is 0 Å². The fourth-order valence-electron chi connectivity index (χ4n) is 5.19. The zero-order valence-corrected chi connectivity index (χ0v) is 26.2. The van der Waals surface area contributed by atoms with Gasteiger partial charge < -0.3 is 19.1 Å². The van der Waals surface area contributed by atoms with Crippen LogP contribution in [0, 0.1) is 5.92 Å². The highest BCUT2D eigenvalue weighted by atomic mass is 16.5. The molecule has 5 heteroatoms. The van der Waals surface area contributed by atoms with Crippen LogP contribution in [-0.4, -0.2) is 50.2 Å². The first-order chi connectivity index (χ1) is 18.1. The van der Waals surface area contributed by atoms with E-state index in [9.17, 15) is 14.7 Å². The maximum Gasteiger partial charge on any atom is 0.306 e. The van der Waals surface area contributed by atoms with Crippen LogP contribution in [0.25, 0.3) is 0 Å². The van der Waals surface area contributed by atoms with Crippen LogP contribution in [0.3, 0.4) is 0 Å². The Balaban J connectivity index is 3.39. The fourth-order valence-corrected chi connectivity index (χ4v) is 5.19. The molecule has 0 aromatic rings. The van der Waals surface area contributed by atoms with Gasteiger partial charge in [-0.25, -0.2) is 0 Å². The van der Waals surface area contributed by atoms with Crippen LogP contribution in [0.2, 0.25) is 0 Å². The van der Waals surface area contributed by atoms with Gasteiger partial charge >= 0.3 is 5.97 Å². The highest BCUT2D eigenvalue weighted by Crippen LogP contribution is 2.16. The Morgan fingerprint density at radius 1 is 0.605 bits per heavy atom. The van der Waals surface area contributed by atoms with E-state index in [0.29, 0.717) is 17.4 Å². The summed E-state index contributed by atoms with van der Waals surface area (Å²) >= 11 is 0. The van der Waals surface area contributed by atoms with Gasteiger partial charge in [-0.1, -0.05) is 142 Å². The molecule has 226 valence electrons. The topological polar surface area (TPSA) is 66.4 Å². The number of likely N-dealkylation sites (N-methyl/N-ethyl adjacent to an activating group) is 1. The van der Waals surface area contributed by atoms with Gasteiger partial charge in [0, 0.05) is 18.8 Å². The van der Waals surface area contributed by atoms with Gasteiger partial charge in [0.1, 0.15) is 6.54 Å². The number of carboxylic acids is 1. The first-order valence-corrected chi connectivity index (χ1v) is 16.3. The van der Waals surface area contributed by atoms with Gasteiger partial charge in [-0.3, -0.25) is 4.79 Å². The Bertz CT molecular complexity index is 556. The SMILES string of the molecule is CC(C)CCCCCCCCCCCCCCCCCCCCCCC(=O)OC(CC(=O)[O-])C[N+](C)(C)C. The summed E-state index contributed by atoms with van der Waals surface area (Å²) in [6.07, 6.45) is 27.7. The van der Waals surface area contributed by atoms with Crippen molar-refractivity contribution < 1.29 is 23.9 Å². The lowest BCUT2D eigenvalue weighted by Gasteiger charge is -2.29. The van der Waals surface area contributed by atoms with Gasteiger partial charge in [-0.2, -0.15) is 0 Å². The smallest absolute Gasteiger partial charge is 0.306 e. The highest BCUT2D eigenvalue weighted by Gasteiger charge is 2.22. The van der Waals surface area contributed by atoms with Crippen molar-refractivity contribution in [3.8, 4) is 0 Å². The van der Waals surface area contributed by atoms with Gasteiger partial charge in [-0.15, -0.1) is 0 Å². The van der Waals surface area contributed by atoms with Crippen molar-refractivity contribution in [1.29, 1.82) is 0 Å². The number of carbonyl (C=O) groups is 2. The van der Waals surface area contributed by atoms with E-state index < -0.39 is 12.1 Å². The normalized spacial score (nSPS) is 12.7. The van der Waals surface area contributed by atoms with E-state index in [1.807, 2.05) is 21.1 Å². The second kappa shape index (κ2) is 24.9. The molecule has 5 nitrogen and oxygen atoms in total. The second-order valence-corrected chi connectivity index (χ2v) is 13.2. The molecule has 0 aromatic carbocycles. The molecule has 0 radical (unpaired) electrons. The zero-order chi connectivity index (χ0) is 28.5. The van der Waals surface area contributed by atoms with Gasteiger partial charge in [-0.05, 0) is 12.3 Å². The predicted molar refractivity (Wildman–Crippen MR) is 159 cm³/mol. The Morgan fingerprint density at radius 2 is 0.947 bits per heavy atom. The minimum absolute atomic E-state index is 0.236. The molecule has 0 heterocycles. The fraction of sp³-hybridized carbons (Fsp3) is 0.939. The van der Waals surface area contributed by atoms with Crippen molar-refractivity contribution in [2.24, 2.45) is 5.92 Å². The van der Waals surface area contributed by atoms with Crippen molar-refractivity contribution >= 4 is 11.9 Å². The first-order valence-electron chi connectivity index (χ1n) is 16.3. The van der Waals surface area contributed by atoms with E-state index in [1.54, 1.807) is 0 Å². The van der Waals surface area contributed by atoms with Crippen LogP contribution in [0.15, 0.2) is 0 Å². The molecule has 0 rings (SSSR count). The van der Waals surface area contributed by atoms with E-state index in [2.05, 4.69) is 13.8 Å². The van der Waals surface area contributed by atoms with Crippen LogP contribution >= 0.6 is 0 Å². The van der Waals surface area contributed by atoms with E-state index in [-0.39, 0.29) is 12.4 Å². The lowest BCUT2D eigenvalue weighted by atomic mass is 10.0. The first kappa shape index (κ1) is 36.9. The van der Waals surface area contributed by atoms with Gasteiger partial charge in [0.25, 0.3) is 0 Å². The minimum Gasteiger partial charge on any atom is -0.550 e. The maximum absolute atomic E-state index is 12.1. The molecule has 0 aliphatic carbocycles. The number of ether oxygens (including phenoxy) is 1. The van der Waals surface area contributed by atoms with Crippen molar-refractivity contribution in [3.05, 3.63) is 0 Å². The zero-order valence-electron chi connectivity index (χ0n) is 26.2. The standard InChI is InChI=1S/C33H65NO4/c1-30(2)26-24-22-20-18-16-14-12-10-8-6-7-9-11-13-15-17-19-21-23-25-27-33(37)38-31(28-32(35)36)29-34(3,4)5/h30-31H,6-29H2,1-5H3. The highest BCUT2D eigenvalue weighted by molar-refractivity contribution is 5.70. The lowest BCUT2D eigenvalue weighted by Crippen LogP contribution is -2.45. The molecular weight excluding hydrogens is 474 g/mol.